The van der Waals surface area contributed by atoms with Crippen LogP contribution in [0.4, 0.5) is 14.6 Å². The van der Waals surface area contributed by atoms with E-state index in [4.69, 9.17) is 20.2 Å². The third-order valence-corrected chi connectivity index (χ3v) is 8.94. The zero-order valence-electron chi connectivity index (χ0n) is 19.1. The highest BCUT2D eigenvalue weighted by Crippen LogP contribution is 2.50. The van der Waals surface area contributed by atoms with Gasteiger partial charge in [-0.05, 0) is 53.2 Å². The van der Waals surface area contributed by atoms with Crippen LogP contribution in [-0.4, -0.2) is 56.1 Å². The number of nitrogen functional groups attached to an aromatic ring is 1. The van der Waals surface area contributed by atoms with Gasteiger partial charge in [0.2, 0.25) is 12.7 Å². The van der Waals surface area contributed by atoms with E-state index < -0.39 is 17.7 Å². The molecule has 6 rings (SSSR count). The van der Waals surface area contributed by atoms with Crippen molar-refractivity contribution >= 4 is 50.6 Å². The first-order valence-corrected chi connectivity index (χ1v) is 13.3. The summed E-state index contributed by atoms with van der Waals surface area (Å²) in [4.78, 5) is 28.1. The third-order valence-electron chi connectivity index (χ3n) is 6.96. The van der Waals surface area contributed by atoms with E-state index in [2.05, 4.69) is 25.9 Å². The molecule has 2 aliphatic heterocycles. The fourth-order valence-corrected chi connectivity index (χ4v) is 6.25. The number of piperidine rings is 1. The maximum atomic E-state index is 13.3. The number of alkyl halides is 2. The number of aromatic nitrogens is 4. The number of anilines is 1. The van der Waals surface area contributed by atoms with Crippen molar-refractivity contribution < 1.29 is 23.0 Å². The normalized spacial score (nSPS) is 20.8. The highest BCUT2D eigenvalue weighted by molar-refractivity contribution is 9.10. The van der Waals surface area contributed by atoms with Crippen LogP contribution in [0.1, 0.15) is 25.7 Å². The molecule has 1 unspecified atom stereocenters. The molecule has 190 valence electrons. The lowest BCUT2D eigenvalue weighted by atomic mass is 9.93. The predicted octanol–water partition coefficient (Wildman–Crippen LogP) is 4.33. The molecule has 1 atom stereocenters. The SMILES string of the molecule is Nc1ncnc2c1nc(Sc1cc3c(cc1Br)OCO3)n2CCC1CCN(C(=O)C2CC2(F)F)CC1. The average molecular weight is 581 g/mol. The number of hydrogen-bond acceptors (Lipinski definition) is 8. The molecule has 2 aromatic heterocycles. The van der Waals surface area contributed by atoms with Gasteiger partial charge in [-0.1, -0.05) is 11.8 Å². The molecule has 1 saturated carbocycles. The molecule has 2 fully saturated rings. The molecular formula is C23H23BrF2N6O3S. The Balaban J connectivity index is 1.18. The lowest BCUT2D eigenvalue weighted by Gasteiger charge is -2.32. The Labute approximate surface area is 217 Å². The fraction of sp³-hybridized carbons (Fsp3) is 0.478. The van der Waals surface area contributed by atoms with Crippen LogP contribution in [-0.2, 0) is 11.3 Å². The first-order chi connectivity index (χ1) is 17.3. The van der Waals surface area contributed by atoms with Gasteiger partial charge >= 0.3 is 0 Å². The molecule has 2 N–H and O–H groups in total. The lowest BCUT2D eigenvalue weighted by Crippen LogP contribution is -2.40. The summed E-state index contributed by atoms with van der Waals surface area (Å²) in [5.41, 5.74) is 7.30. The van der Waals surface area contributed by atoms with Crippen molar-refractivity contribution in [1.29, 1.82) is 0 Å². The number of likely N-dealkylation sites (tertiary alicyclic amines) is 1. The number of rotatable bonds is 6. The van der Waals surface area contributed by atoms with Gasteiger partial charge in [0.1, 0.15) is 12.2 Å². The standard InChI is InChI=1S/C23H23BrF2N6O3S/c24-14-7-15-16(35-11-34-15)8-17(14)36-22-30-18-19(27)28-10-29-20(18)32(22)6-3-12-1-4-31(5-2-12)21(33)13-9-23(13,25)26/h7-8,10,12-13H,1-6,9,11H2,(H2,27,28,29). The van der Waals surface area contributed by atoms with Crippen LogP contribution in [0.25, 0.3) is 11.2 Å². The van der Waals surface area contributed by atoms with Gasteiger partial charge in [0.25, 0.3) is 5.92 Å². The summed E-state index contributed by atoms with van der Waals surface area (Å²) >= 11 is 5.07. The number of ether oxygens (including phenoxy) is 2. The molecule has 4 heterocycles. The molecule has 3 aliphatic rings. The summed E-state index contributed by atoms with van der Waals surface area (Å²) in [7, 11) is 0. The van der Waals surface area contributed by atoms with Gasteiger partial charge in [0.05, 0.1) is 0 Å². The Kier molecular flexibility index (Phi) is 5.94. The van der Waals surface area contributed by atoms with Crippen LogP contribution in [0, 0.1) is 11.8 Å². The molecule has 1 aliphatic carbocycles. The number of amides is 1. The first kappa shape index (κ1) is 23.7. The van der Waals surface area contributed by atoms with Gasteiger partial charge in [-0.2, -0.15) is 0 Å². The largest absolute Gasteiger partial charge is 0.454 e. The van der Waals surface area contributed by atoms with Crippen LogP contribution >= 0.6 is 27.7 Å². The van der Waals surface area contributed by atoms with Gasteiger partial charge in [0.15, 0.2) is 33.6 Å². The Morgan fingerprint density at radius 3 is 2.67 bits per heavy atom. The van der Waals surface area contributed by atoms with Crippen LogP contribution in [0.15, 0.2) is 33.0 Å². The van der Waals surface area contributed by atoms with Crippen molar-refractivity contribution in [1.82, 2.24) is 24.4 Å². The summed E-state index contributed by atoms with van der Waals surface area (Å²) in [6.07, 6.45) is 3.52. The van der Waals surface area contributed by atoms with Gasteiger partial charge in [-0.15, -0.1) is 0 Å². The number of carbonyl (C=O) groups is 1. The smallest absolute Gasteiger partial charge is 0.260 e. The van der Waals surface area contributed by atoms with Crippen LogP contribution in [0.2, 0.25) is 0 Å². The molecular weight excluding hydrogens is 558 g/mol. The highest BCUT2D eigenvalue weighted by Gasteiger charge is 2.62. The number of nitrogens with two attached hydrogens (primary N) is 1. The maximum absolute atomic E-state index is 13.3. The third kappa shape index (κ3) is 4.36. The van der Waals surface area contributed by atoms with Crippen molar-refractivity contribution in [2.24, 2.45) is 11.8 Å². The number of fused-ring (bicyclic) bond motifs is 2. The first-order valence-electron chi connectivity index (χ1n) is 11.7. The van der Waals surface area contributed by atoms with Crippen molar-refractivity contribution in [2.45, 2.75) is 48.2 Å². The number of nitrogens with zero attached hydrogens (tertiary/aromatic N) is 5. The molecule has 3 aromatic rings. The molecule has 13 heteroatoms. The average Bonchev–Trinajstić information content (AvgIpc) is 3.16. The van der Waals surface area contributed by atoms with E-state index in [1.807, 2.05) is 16.7 Å². The van der Waals surface area contributed by atoms with E-state index in [0.717, 1.165) is 33.8 Å². The molecule has 0 radical (unpaired) electrons. The Morgan fingerprint density at radius 2 is 1.94 bits per heavy atom. The van der Waals surface area contributed by atoms with E-state index in [0.29, 0.717) is 54.0 Å². The number of hydrogen-bond donors (Lipinski definition) is 1. The second-order valence-corrected chi connectivity index (χ2v) is 11.2. The molecule has 1 amide bonds. The number of imidazole rings is 1. The van der Waals surface area contributed by atoms with Crippen molar-refractivity contribution in [2.75, 3.05) is 25.6 Å². The van der Waals surface area contributed by atoms with E-state index in [1.54, 1.807) is 4.90 Å². The molecule has 9 nitrogen and oxygen atoms in total. The number of benzene rings is 1. The van der Waals surface area contributed by atoms with E-state index in [9.17, 15) is 13.6 Å². The van der Waals surface area contributed by atoms with Crippen molar-refractivity contribution in [3.05, 3.63) is 22.9 Å². The molecule has 0 spiro atoms. The van der Waals surface area contributed by atoms with Gasteiger partial charge in [-0.25, -0.2) is 23.7 Å². The van der Waals surface area contributed by atoms with E-state index in [1.165, 1.54) is 18.1 Å². The summed E-state index contributed by atoms with van der Waals surface area (Å²) in [5.74, 6) is -2.31. The summed E-state index contributed by atoms with van der Waals surface area (Å²) in [5, 5.41) is 0.723. The summed E-state index contributed by atoms with van der Waals surface area (Å²) in [6.45, 7) is 1.87. The summed E-state index contributed by atoms with van der Waals surface area (Å²) < 4.78 is 40.5. The van der Waals surface area contributed by atoms with Crippen molar-refractivity contribution in [3.63, 3.8) is 0 Å². The second kappa shape index (κ2) is 9.02. The Bertz CT molecular complexity index is 1350. The Morgan fingerprint density at radius 1 is 1.22 bits per heavy atom. The Hall–Kier alpha value is -2.67. The minimum absolute atomic E-state index is 0.189. The number of aryl methyl sites for hydroxylation is 1. The van der Waals surface area contributed by atoms with Crippen molar-refractivity contribution in [3.8, 4) is 11.5 Å². The fourth-order valence-electron chi connectivity index (χ4n) is 4.74. The molecule has 1 saturated heterocycles. The zero-order valence-corrected chi connectivity index (χ0v) is 21.5. The highest BCUT2D eigenvalue weighted by atomic mass is 79.9. The number of halogens is 3. The van der Waals surface area contributed by atoms with Crippen LogP contribution in [0.3, 0.4) is 0 Å². The minimum Gasteiger partial charge on any atom is -0.454 e. The molecule has 1 aromatic carbocycles. The lowest BCUT2D eigenvalue weighted by molar-refractivity contribution is -0.136. The minimum atomic E-state index is -2.82. The zero-order chi connectivity index (χ0) is 25.0. The van der Waals surface area contributed by atoms with E-state index >= 15 is 0 Å². The van der Waals surface area contributed by atoms with Gasteiger partial charge < -0.3 is 24.7 Å². The summed E-state index contributed by atoms with van der Waals surface area (Å²) in [6, 6.07) is 3.78. The van der Waals surface area contributed by atoms with Crippen LogP contribution < -0.4 is 15.2 Å². The van der Waals surface area contributed by atoms with Gasteiger partial charge in [0, 0.05) is 35.4 Å². The van der Waals surface area contributed by atoms with E-state index in [-0.39, 0.29) is 13.2 Å². The topological polar surface area (TPSA) is 108 Å². The van der Waals surface area contributed by atoms with Crippen LogP contribution in [0.5, 0.6) is 11.5 Å². The number of carbonyl (C=O) groups excluding carboxylic acids is 1. The quantitative estimate of drug-likeness (QED) is 0.459. The second-order valence-electron chi connectivity index (χ2n) is 9.29. The maximum Gasteiger partial charge on any atom is 0.260 e. The van der Waals surface area contributed by atoms with Gasteiger partial charge in [-0.3, -0.25) is 4.79 Å². The molecule has 36 heavy (non-hydrogen) atoms. The predicted molar refractivity (Wildman–Crippen MR) is 131 cm³/mol. The monoisotopic (exact) mass is 580 g/mol. The molecule has 0 bridgehead atoms.